The Hall–Kier alpha value is -1.28. The molecule has 0 spiro atoms. The Morgan fingerprint density at radius 3 is 2.71 bits per heavy atom. The van der Waals surface area contributed by atoms with Crippen molar-refractivity contribution < 1.29 is 4.74 Å². The van der Waals surface area contributed by atoms with Crippen LogP contribution in [0, 0.1) is 0 Å². The van der Waals surface area contributed by atoms with E-state index in [-0.39, 0.29) is 6.04 Å². The van der Waals surface area contributed by atoms with Gasteiger partial charge in [0.15, 0.2) is 0 Å². The Balaban J connectivity index is 2.12. The Labute approximate surface area is 104 Å². The first-order valence-corrected chi connectivity index (χ1v) is 6.41. The van der Waals surface area contributed by atoms with E-state index < -0.39 is 0 Å². The van der Waals surface area contributed by atoms with Crippen molar-refractivity contribution in [3.63, 3.8) is 0 Å². The number of unbranched alkanes of at least 4 members (excludes halogenated alkanes) is 2. The van der Waals surface area contributed by atoms with Gasteiger partial charge in [0.2, 0.25) is 0 Å². The zero-order valence-electron chi connectivity index (χ0n) is 10.6. The zero-order chi connectivity index (χ0) is 12.3. The monoisotopic (exact) mass is 233 g/mol. The number of hydrogen-bond acceptors (Lipinski definition) is 2. The maximum absolute atomic E-state index is 5.94. The molecule has 0 aliphatic rings. The van der Waals surface area contributed by atoms with Crippen LogP contribution < -0.4 is 5.73 Å². The molecular formula is C15H23NO. The van der Waals surface area contributed by atoms with E-state index in [2.05, 4.69) is 6.92 Å². The standard InChI is InChI=1S/C15H23NO/c1-2-3-5-10-15(16)13-17-12-11-14-8-6-4-7-9-14/h4,6-9,11-12,15H,2-3,5,10,13,16H2,1H3/b12-11+. The molecule has 0 bridgehead atoms. The second-order valence-corrected chi connectivity index (χ2v) is 4.30. The molecule has 0 radical (unpaired) electrons. The average Bonchev–Trinajstić information content (AvgIpc) is 2.36. The lowest BCUT2D eigenvalue weighted by molar-refractivity contribution is 0.223. The molecule has 0 fully saturated rings. The molecule has 17 heavy (non-hydrogen) atoms. The van der Waals surface area contributed by atoms with Gasteiger partial charge in [0, 0.05) is 6.04 Å². The van der Waals surface area contributed by atoms with E-state index in [1.165, 1.54) is 19.3 Å². The van der Waals surface area contributed by atoms with Crippen LogP contribution in [0.15, 0.2) is 36.6 Å². The van der Waals surface area contributed by atoms with Gasteiger partial charge in [-0.1, -0.05) is 56.5 Å². The molecule has 0 amide bonds. The zero-order valence-corrected chi connectivity index (χ0v) is 10.6. The van der Waals surface area contributed by atoms with Gasteiger partial charge in [0.25, 0.3) is 0 Å². The summed E-state index contributed by atoms with van der Waals surface area (Å²) < 4.78 is 5.42. The van der Waals surface area contributed by atoms with Crippen LogP contribution in [-0.4, -0.2) is 12.6 Å². The van der Waals surface area contributed by atoms with E-state index >= 15 is 0 Å². The second-order valence-electron chi connectivity index (χ2n) is 4.30. The third-order valence-electron chi connectivity index (χ3n) is 2.65. The first kappa shape index (κ1) is 13.8. The largest absolute Gasteiger partial charge is 0.500 e. The SMILES string of the molecule is CCCCCC(N)CO/C=C/c1ccccc1. The Morgan fingerprint density at radius 1 is 1.24 bits per heavy atom. The lowest BCUT2D eigenvalue weighted by atomic mass is 10.1. The van der Waals surface area contributed by atoms with E-state index in [1.54, 1.807) is 6.26 Å². The normalized spacial score (nSPS) is 12.8. The van der Waals surface area contributed by atoms with Crippen LogP contribution in [0.1, 0.15) is 38.2 Å². The summed E-state index contributed by atoms with van der Waals surface area (Å²) in [5.41, 5.74) is 7.08. The fourth-order valence-electron chi connectivity index (χ4n) is 1.61. The van der Waals surface area contributed by atoms with Crippen molar-refractivity contribution >= 4 is 6.08 Å². The van der Waals surface area contributed by atoms with Gasteiger partial charge in [-0.25, -0.2) is 0 Å². The molecule has 0 heterocycles. The molecule has 0 aliphatic heterocycles. The molecule has 1 unspecified atom stereocenters. The van der Waals surface area contributed by atoms with Crippen LogP contribution in [0.2, 0.25) is 0 Å². The van der Waals surface area contributed by atoms with Crippen molar-refractivity contribution in [3.05, 3.63) is 42.2 Å². The van der Waals surface area contributed by atoms with Crippen molar-refractivity contribution in [2.45, 2.75) is 38.6 Å². The summed E-state index contributed by atoms with van der Waals surface area (Å²) in [5, 5.41) is 0. The van der Waals surface area contributed by atoms with Crippen LogP contribution in [0.4, 0.5) is 0 Å². The Kier molecular flexibility index (Phi) is 7.15. The van der Waals surface area contributed by atoms with Crippen LogP contribution in [0.3, 0.4) is 0 Å². The molecule has 1 aromatic rings. The molecule has 1 aromatic carbocycles. The Bertz CT molecular complexity index is 308. The van der Waals surface area contributed by atoms with E-state index in [1.807, 2.05) is 36.4 Å². The number of rotatable bonds is 8. The number of hydrogen-bond donors (Lipinski definition) is 1. The highest BCUT2D eigenvalue weighted by atomic mass is 16.5. The molecule has 0 aliphatic carbocycles. The topological polar surface area (TPSA) is 35.2 Å². The van der Waals surface area contributed by atoms with Crippen LogP contribution in [-0.2, 0) is 4.74 Å². The van der Waals surface area contributed by atoms with E-state index in [9.17, 15) is 0 Å². The van der Waals surface area contributed by atoms with Crippen molar-refractivity contribution in [1.29, 1.82) is 0 Å². The third kappa shape index (κ3) is 6.80. The molecule has 1 rings (SSSR count). The summed E-state index contributed by atoms with van der Waals surface area (Å²) in [6, 6.07) is 10.3. The summed E-state index contributed by atoms with van der Waals surface area (Å²) in [4.78, 5) is 0. The minimum absolute atomic E-state index is 0.155. The first-order valence-electron chi connectivity index (χ1n) is 6.41. The number of nitrogens with two attached hydrogens (primary N) is 1. The molecule has 1 atom stereocenters. The lowest BCUT2D eigenvalue weighted by Crippen LogP contribution is -2.24. The van der Waals surface area contributed by atoms with Crippen molar-refractivity contribution in [1.82, 2.24) is 0 Å². The third-order valence-corrected chi connectivity index (χ3v) is 2.65. The summed E-state index contributed by atoms with van der Waals surface area (Å²) in [6.45, 7) is 2.80. The van der Waals surface area contributed by atoms with Crippen molar-refractivity contribution in [2.24, 2.45) is 5.73 Å². The van der Waals surface area contributed by atoms with Gasteiger partial charge < -0.3 is 10.5 Å². The molecule has 2 nitrogen and oxygen atoms in total. The summed E-state index contributed by atoms with van der Waals surface area (Å²) in [6.07, 6.45) is 8.43. The smallest absolute Gasteiger partial charge is 0.102 e. The first-order chi connectivity index (χ1) is 8.33. The van der Waals surface area contributed by atoms with Crippen LogP contribution in [0.5, 0.6) is 0 Å². The second kappa shape index (κ2) is 8.82. The van der Waals surface area contributed by atoms with Crippen molar-refractivity contribution in [3.8, 4) is 0 Å². The maximum Gasteiger partial charge on any atom is 0.102 e. The van der Waals surface area contributed by atoms with Gasteiger partial charge in [0.1, 0.15) is 6.61 Å². The van der Waals surface area contributed by atoms with E-state index in [0.29, 0.717) is 6.61 Å². The van der Waals surface area contributed by atoms with E-state index in [0.717, 1.165) is 12.0 Å². The highest BCUT2D eigenvalue weighted by molar-refractivity contribution is 5.47. The van der Waals surface area contributed by atoms with Gasteiger partial charge in [-0.15, -0.1) is 0 Å². The fourth-order valence-corrected chi connectivity index (χ4v) is 1.61. The van der Waals surface area contributed by atoms with Gasteiger partial charge in [0.05, 0.1) is 6.26 Å². The molecule has 2 heteroatoms. The fraction of sp³-hybridized carbons (Fsp3) is 0.467. The Morgan fingerprint density at radius 2 is 2.00 bits per heavy atom. The average molecular weight is 233 g/mol. The molecule has 94 valence electrons. The summed E-state index contributed by atoms with van der Waals surface area (Å²) in [7, 11) is 0. The minimum Gasteiger partial charge on any atom is -0.500 e. The summed E-state index contributed by atoms with van der Waals surface area (Å²) in [5.74, 6) is 0. The minimum atomic E-state index is 0.155. The molecule has 0 saturated heterocycles. The maximum atomic E-state index is 5.94. The predicted octanol–water partition coefficient (Wildman–Crippen LogP) is 3.58. The molecule has 0 aromatic heterocycles. The van der Waals surface area contributed by atoms with Gasteiger partial charge in [-0.05, 0) is 18.1 Å². The number of benzene rings is 1. The summed E-state index contributed by atoms with van der Waals surface area (Å²) >= 11 is 0. The number of ether oxygens (including phenoxy) is 1. The van der Waals surface area contributed by atoms with Gasteiger partial charge in [-0.3, -0.25) is 0 Å². The van der Waals surface area contributed by atoms with E-state index in [4.69, 9.17) is 10.5 Å². The highest BCUT2D eigenvalue weighted by Crippen LogP contribution is 2.03. The van der Waals surface area contributed by atoms with Crippen LogP contribution >= 0.6 is 0 Å². The van der Waals surface area contributed by atoms with Crippen molar-refractivity contribution in [2.75, 3.05) is 6.61 Å². The van der Waals surface area contributed by atoms with Gasteiger partial charge in [-0.2, -0.15) is 0 Å². The lowest BCUT2D eigenvalue weighted by Gasteiger charge is -2.10. The van der Waals surface area contributed by atoms with Gasteiger partial charge >= 0.3 is 0 Å². The molecule has 2 N–H and O–H groups in total. The predicted molar refractivity (Wildman–Crippen MR) is 73.5 cm³/mol. The molecule has 0 saturated carbocycles. The highest BCUT2D eigenvalue weighted by Gasteiger charge is 2.00. The van der Waals surface area contributed by atoms with Crippen LogP contribution in [0.25, 0.3) is 6.08 Å². The molecular weight excluding hydrogens is 210 g/mol. The quantitative estimate of drug-likeness (QED) is 0.550.